The van der Waals surface area contributed by atoms with Gasteiger partial charge in [0.05, 0.1) is 13.7 Å². The predicted octanol–water partition coefficient (Wildman–Crippen LogP) is 4.63. The fourth-order valence-corrected chi connectivity index (χ4v) is 5.71. The van der Waals surface area contributed by atoms with E-state index in [-0.39, 0.29) is 11.9 Å². The number of rotatable bonds is 8. The molecule has 3 aliphatic heterocycles. The summed E-state index contributed by atoms with van der Waals surface area (Å²) >= 11 is 0. The maximum atomic E-state index is 13.5. The molecule has 1 unspecified atom stereocenters. The molecule has 3 aliphatic rings. The zero-order chi connectivity index (χ0) is 23.5. The number of hydrogen-bond acceptors (Lipinski definition) is 5. The summed E-state index contributed by atoms with van der Waals surface area (Å²) in [5.74, 6) is 1.94. The largest absolute Gasteiger partial charge is 0.497 e. The van der Waals surface area contributed by atoms with Crippen LogP contribution in [0.3, 0.4) is 0 Å². The van der Waals surface area contributed by atoms with Gasteiger partial charge in [0.25, 0.3) is 0 Å². The molecular formula is C28H37N3O3. The number of benzene rings is 2. The fourth-order valence-electron chi connectivity index (χ4n) is 5.71. The van der Waals surface area contributed by atoms with Crippen LogP contribution in [-0.4, -0.2) is 67.7 Å². The van der Waals surface area contributed by atoms with Gasteiger partial charge in [-0.15, -0.1) is 0 Å². The normalized spacial score (nSPS) is 22.3. The van der Waals surface area contributed by atoms with Gasteiger partial charge in [-0.3, -0.25) is 4.79 Å². The van der Waals surface area contributed by atoms with E-state index >= 15 is 0 Å². The number of amides is 1. The van der Waals surface area contributed by atoms with Gasteiger partial charge in [0.1, 0.15) is 17.5 Å². The Bertz CT molecular complexity index is 987. The van der Waals surface area contributed by atoms with Crippen LogP contribution in [0.4, 0.5) is 11.4 Å². The third-order valence-electron chi connectivity index (χ3n) is 7.64. The summed E-state index contributed by atoms with van der Waals surface area (Å²) in [7, 11) is 1.69. The molecule has 0 radical (unpaired) electrons. The summed E-state index contributed by atoms with van der Waals surface area (Å²) in [6, 6.07) is 14.9. The van der Waals surface area contributed by atoms with Gasteiger partial charge in [-0.1, -0.05) is 0 Å². The van der Waals surface area contributed by atoms with Crippen molar-refractivity contribution in [2.24, 2.45) is 0 Å². The van der Waals surface area contributed by atoms with E-state index in [4.69, 9.17) is 9.47 Å². The lowest BCUT2D eigenvalue weighted by molar-refractivity contribution is -0.131. The molecule has 1 amide bonds. The highest BCUT2D eigenvalue weighted by molar-refractivity contribution is 5.92. The van der Waals surface area contributed by atoms with Crippen LogP contribution < -0.4 is 14.4 Å². The first-order valence-electron chi connectivity index (χ1n) is 12.9. The number of methoxy groups -OCH3 is 1. The SMILES string of the molecule is COc1ccc2c(c1)CC(C(=O)N1CCCC1)N2c1ccc(OCCCN2CCC[C@H]2C)cc1. The Morgan fingerprint density at radius 2 is 1.76 bits per heavy atom. The summed E-state index contributed by atoms with van der Waals surface area (Å²) in [4.78, 5) is 20.2. The smallest absolute Gasteiger partial charge is 0.246 e. The fraction of sp³-hybridized carbons (Fsp3) is 0.536. The monoisotopic (exact) mass is 463 g/mol. The number of ether oxygens (including phenoxy) is 2. The predicted molar refractivity (Wildman–Crippen MR) is 135 cm³/mol. The number of fused-ring (bicyclic) bond motifs is 1. The second-order valence-corrected chi connectivity index (χ2v) is 9.84. The van der Waals surface area contributed by atoms with Crippen LogP contribution in [0.25, 0.3) is 0 Å². The molecule has 3 heterocycles. The van der Waals surface area contributed by atoms with E-state index in [1.165, 1.54) is 19.4 Å². The van der Waals surface area contributed by atoms with Gasteiger partial charge >= 0.3 is 0 Å². The molecule has 0 bridgehead atoms. The maximum Gasteiger partial charge on any atom is 0.246 e. The third kappa shape index (κ3) is 4.74. The molecule has 0 spiro atoms. The summed E-state index contributed by atoms with van der Waals surface area (Å²) < 4.78 is 11.5. The molecule has 0 saturated carbocycles. The Kier molecular flexibility index (Phi) is 6.95. The Labute approximate surface area is 203 Å². The number of likely N-dealkylation sites (tertiary alicyclic amines) is 2. The van der Waals surface area contributed by atoms with E-state index in [9.17, 15) is 4.79 Å². The average Bonchev–Trinajstić information content (AvgIpc) is 3.61. The van der Waals surface area contributed by atoms with Gasteiger partial charge in [0.15, 0.2) is 0 Å². The van der Waals surface area contributed by atoms with Gasteiger partial charge in [0.2, 0.25) is 5.91 Å². The molecule has 6 heteroatoms. The van der Waals surface area contributed by atoms with Crippen LogP contribution in [0.2, 0.25) is 0 Å². The van der Waals surface area contributed by atoms with Crippen LogP contribution in [-0.2, 0) is 11.2 Å². The van der Waals surface area contributed by atoms with E-state index in [2.05, 4.69) is 41.0 Å². The van der Waals surface area contributed by atoms with Crippen molar-refractivity contribution in [2.45, 2.75) is 57.5 Å². The van der Waals surface area contributed by atoms with E-state index in [0.717, 1.165) is 73.9 Å². The van der Waals surface area contributed by atoms with Crippen molar-refractivity contribution in [1.82, 2.24) is 9.80 Å². The minimum Gasteiger partial charge on any atom is -0.497 e. The highest BCUT2D eigenvalue weighted by Crippen LogP contribution is 2.41. The van der Waals surface area contributed by atoms with Gasteiger partial charge < -0.3 is 24.2 Å². The van der Waals surface area contributed by atoms with Crippen LogP contribution in [0.15, 0.2) is 42.5 Å². The van der Waals surface area contributed by atoms with Crippen LogP contribution in [0, 0.1) is 0 Å². The number of nitrogens with zero attached hydrogens (tertiary/aromatic N) is 3. The minimum absolute atomic E-state index is 0.213. The quantitative estimate of drug-likeness (QED) is 0.534. The van der Waals surface area contributed by atoms with Crippen LogP contribution in [0.5, 0.6) is 11.5 Å². The molecule has 34 heavy (non-hydrogen) atoms. The van der Waals surface area contributed by atoms with Gasteiger partial charge in [-0.05, 0) is 93.6 Å². The Morgan fingerprint density at radius 1 is 1.00 bits per heavy atom. The molecule has 5 rings (SSSR count). The number of carbonyl (C=O) groups is 1. The lowest BCUT2D eigenvalue weighted by atomic mass is 10.1. The van der Waals surface area contributed by atoms with Crippen molar-refractivity contribution in [3.8, 4) is 11.5 Å². The molecule has 2 atom stereocenters. The summed E-state index contributed by atoms with van der Waals surface area (Å²) in [5.41, 5.74) is 3.28. The average molecular weight is 464 g/mol. The van der Waals surface area contributed by atoms with E-state index in [0.29, 0.717) is 12.5 Å². The van der Waals surface area contributed by atoms with Crippen molar-refractivity contribution < 1.29 is 14.3 Å². The topological polar surface area (TPSA) is 45.3 Å². The van der Waals surface area contributed by atoms with Crippen LogP contribution >= 0.6 is 0 Å². The molecule has 0 N–H and O–H groups in total. The molecule has 0 aromatic heterocycles. The molecule has 6 nitrogen and oxygen atoms in total. The van der Waals surface area contributed by atoms with Crippen molar-refractivity contribution >= 4 is 17.3 Å². The lowest BCUT2D eigenvalue weighted by Gasteiger charge is -2.30. The maximum absolute atomic E-state index is 13.5. The third-order valence-corrected chi connectivity index (χ3v) is 7.64. The first-order valence-corrected chi connectivity index (χ1v) is 12.9. The Balaban J connectivity index is 1.28. The zero-order valence-electron chi connectivity index (χ0n) is 20.5. The Hall–Kier alpha value is -2.73. The minimum atomic E-state index is -0.213. The van der Waals surface area contributed by atoms with E-state index in [1.807, 2.05) is 23.1 Å². The summed E-state index contributed by atoms with van der Waals surface area (Å²) in [6.07, 6.45) is 6.58. The molecule has 2 fully saturated rings. The van der Waals surface area contributed by atoms with Gasteiger partial charge in [-0.2, -0.15) is 0 Å². The van der Waals surface area contributed by atoms with E-state index < -0.39 is 0 Å². The number of hydrogen-bond donors (Lipinski definition) is 0. The van der Waals surface area contributed by atoms with Crippen molar-refractivity contribution in [1.29, 1.82) is 0 Å². The molecule has 2 aromatic rings. The second kappa shape index (κ2) is 10.3. The van der Waals surface area contributed by atoms with Gasteiger partial charge in [0, 0.05) is 43.5 Å². The van der Waals surface area contributed by atoms with Crippen molar-refractivity contribution in [2.75, 3.05) is 44.8 Å². The molecule has 2 saturated heterocycles. The molecular weight excluding hydrogens is 426 g/mol. The van der Waals surface area contributed by atoms with E-state index in [1.54, 1.807) is 7.11 Å². The summed E-state index contributed by atoms with van der Waals surface area (Å²) in [5, 5.41) is 0. The first kappa shape index (κ1) is 23.0. The number of anilines is 2. The number of carbonyl (C=O) groups excluding carboxylic acids is 1. The van der Waals surface area contributed by atoms with Gasteiger partial charge in [-0.25, -0.2) is 0 Å². The highest BCUT2D eigenvalue weighted by Gasteiger charge is 2.38. The molecule has 2 aromatic carbocycles. The molecule has 0 aliphatic carbocycles. The van der Waals surface area contributed by atoms with Crippen molar-refractivity contribution in [3.05, 3.63) is 48.0 Å². The second-order valence-electron chi connectivity index (χ2n) is 9.84. The zero-order valence-corrected chi connectivity index (χ0v) is 20.5. The van der Waals surface area contributed by atoms with Crippen LogP contribution in [0.1, 0.15) is 44.6 Å². The van der Waals surface area contributed by atoms with Crippen molar-refractivity contribution in [3.63, 3.8) is 0 Å². The Morgan fingerprint density at radius 3 is 2.47 bits per heavy atom. The molecule has 182 valence electrons. The first-order chi connectivity index (χ1) is 16.6. The highest BCUT2D eigenvalue weighted by atomic mass is 16.5. The summed E-state index contributed by atoms with van der Waals surface area (Å²) in [6.45, 7) is 7.10. The lowest BCUT2D eigenvalue weighted by Crippen LogP contribution is -2.44. The standard InChI is InChI=1S/C28H37N3O3/c1-21-7-5-16-29(21)17-6-18-34-24-10-8-23(9-11-24)31-26-13-12-25(33-2)19-22(26)20-27(31)28(32)30-14-3-4-15-30/h8-13,19,21,27H,3-7,14-18,20H2,1-2H3/t21-,27?/m1/s1.